The Morgan fingerprint density at radius 2 is 1.90 bits per heavy atom. The number of rotatable bonds is 2. The Hall–Kier alpha value is -0.0800. The van der Waals surface area contributed by atoms with E-state index in [2.05, 4.69) is 11.8 Å². The quantitative estimate of drug-likeness (QED) is 0.625. The van der Waals surface area contributed by atoms with Crippen LogP contribution in [0.25, 0.3) is 0 Å². The van der Waals surface area contributed by atoms with E-state index in [0.717, 1.165) is 12.5 Å². The fourth-order valence-electron chi connectivity index (χ4n) is 1.15. The molecule has 0 atom stereocenters. The average Bonchev–Trinajstić information content (AvgIpc) is 1.90. The van der Waals surface area contributed by atoms with Crippen molar-refractivity contribution in [2.24, 2.45) is 5.92 Å². The summed E-state index contributed by atoms with van der Waals surface area (Å²) < 4.78 is 0. The molecule has 2 nitrogen and oxygen atoms in total. The van der Waals surface area contributed by atoms with Crippen LogP contribution in [0, 0.1) is 5.92 Å². The molecule has 0 aliphatic carbocycles. The molecule has 0 saturated carbocycles. The van der Waals surface area contributed by atoms with E-state index in [-0.39, 0.29) is 0 Å². The minimum atomic E-state index is 0.312. The molecule has 1 N–H and O–H groups in total. The van der Waals surface area contributed by atoms with E-state index in [9.17, 15) is 0 Å². The monoisotopic (exact) mass is 145 g/mol. The first-order chi connectivity index (χ1) is 4.83. The van der Waals surface area contributed by atoms with Crippen molar-refractivity contribution in [2.45, 2.75) is 20.8 Å². The van der Waals surface area contributed by atoms with Crippen LogP contribution < -0.4 is 0 Å². The van der Waals surface area contributed by atoms with Crippen LogP contribution in [0.5, 0.6) is 0 Å². The van der Waals surface area contributed by atoms with Crippen molar-refractivity contribution in [3.05, 3.63) is 0 Å². The van der Waals surface area contributed by atoms with Crippen molar-refractivity contribution in [3.63, 3.8) is 0 Å². The van der Waals surface area contributed by atoms with Crippen molar-refractivity contribution in [1.29, 1.82) is 0 Å². The smallest absolute Gasteiger partial charge is 0.0558 e. The highest BCUT2D eigenvalue weighted by molar-refractivity contribution is 4.74. The standard InChI is InChI=1S/C6H13NO.C2H6/c1-6-4-7(5-6)2-3-8;1-2/h6,8H,2-5H2,1H3;1-2H3. The van der Waals surface area contributed by atoms with Gasteiger partial charge in [-0.1, -0.05) is 20.8 Å². The fourth-order valence-corrected chi connectivity index (χ4v) is 1.15. The summed E-state index contributed by atoms with van der Waals surface area (Å²) in [7, 11) is 0. The number of aliphatic hydroxyl groups excluding tert-OH is 1. The predicted octanol–water partition coefficient (Wildman–Crippen LogP) is 0.957. The van der Waals surface area contributed by atoms with E-state index in [1.807, 2.05) is 13.8 Å². The summed E-state index contributed by atoms with van der Waals surface area (Å²) in [5.74, 6) is 0.863. The van der Waals surface area contributed by atoms with Gasteiger partial charge in [-0.3, -0.25) is 0 Å². The second kappa shape index (κ2) is 5.69. The lowest BCUT2D eigenvalue weighted by atomic mass is 10.0. The molecule has 1 aliphatic heterocycles. The van der Waals surface area contributed by atoms with Crippen molar-refractivity contribution >= 4 is 0 Å². The Morgan fingerprint density at radius 1 is 1.40 bits per heavy atom. The van der Waals surface area contributed by atoms with Crippen LogP contribution in [0.15, 0.2) is 0 Å². The van der Waals surface area contributed by atoms with Gasteiger partial charge in [0.1, 0.15) is 0 Å². The number of nitrogens with zero attached hydrogens (tertiary/aromatic N) is 1. The van der Waals surface area contributed by atoms with E-state index in [4.69, 9.17) is 5.11 Å². The summed E-state index contributed by atoms with van der Waals surface area (Å²) in [6.45, 7) is 9.77. The maximum absolute atomic E-state index is 8.45. The van der Waals surface area contributed by atoms with Gasteiger partial charge in [0, 0.05) is 19.6 Å². The van der Waals surface area contributed by atoms with Gasteiger partial charge in [0.15, 0.2) is 0 Å². The highest BCUT2D eigenvalue weighted by Crippen LogP contribution is 2.12. The van der Waals surface area contributed by atoms with Crippen LogP contribution in [0.3, 0.4) is 0 Å². The van der Waals surface area contributed by atoms with Gasteiger partial charge in [-0.15, -0.1) is 0 Å². The Kier molecular flexibility index (Phi) is 5.64. The molecule has 0 aromatic rings. The predicted molar refractivity (Wildman–Crippen MR) is 44.0 cm³/mol. The molecule has 1 rings (SSSR count). The van der Waals surface area contributed by atoms with Crippen molar-refractivity contribution in [1.82, 2.24) is 4.90 Å². The van der Waals surface area contributed by atoms with Crippen LogP contribution in [-0.2, 0) is 0 Å². The van der Waals surface area contributed by atoms with Crippen molar-refractivity contribution in [3.8, 4) is 0 Å². The normalized spacial score (nSPS) is 19.2. The van der Waals surface area contributed by atoms with E-state index in [1.54, 1.807) is 0 Å². The maximum Gasteiger partial charge on any atom is 0.0558 e. The molecule has 62 valence electrons. The van der Waals surface area contributed by atoms with Gasteiger partial charge in [-0.2, -0.15) is 0 Å². The minimum absolute atomic E-state index is 0.312. The van der Waals surface area contributed by atoms with Gasteiger partial charge in [0.05, 0.1) is 6.61 Å². The summed E-state index contributed by atoms with van der Waals surface area (Å²) >= 11 is 0. The maximum atomic E-state index is 8.45. The Balaban J connectivity index is 0.000000371. The third-order valence-electron chi connectivity index (χ3n) is 1.56. The zero-order valence-corrected chi connectivity index (χ0v) is 7.30. The van der Waals surface area contributed by atoms with Crippen LogP contribution >= 0.6 is 0 Å². The molecular formula is C8H19NO. The van der Waals surface area contributed by atoms with E-state index < -0.39 is 0 Å². The minimum Gasteiger partial charge on any atom is -0.395 e. The number of aliphatic hydroxyl groups is 1. The molecule has 1 fully saturated rings. The summed E-state index contributed by atoms with van der Waals surface area (Å²) in [5, 5.41) is 8.45. The molecule has 1 heterocycles. The number of likely N-dealkylation sites (tertiary alicyclic amines) is 1. The molecule has 0 amide bonds. The first-order valence-corrected chi connectivity index (χ1v) is 4.16. The van der Waals surface area contributed by atoms with Gasteiger partial charge < -0.3 is 10.0 Å². The van der Waals surface area contributed by atoms with Crippen LogP contribution in [0.4, 0.5) is 0 Å². The average molecular weight is 145 g/mol. The van der Waals surface area contributed by atoms with Crippen molar-refractivity contribution < 1.29 is 5.11 Å². The third kappa shape index (κ3) is 3.18. The zero-order chi connectivity index (χ0) is 7.98. The molecule has 0 aromatic carbocycles. The molecule has 0 radical (unpaired) electrons. The van der Waals surface area contributed by atoms with E-state index in [0.29, 0.717) is 6.61 Å². The molecule has 1 aliphatic rings. The molecule has 10 heavy (non-hydrogen) atoms. The third-order valence-corrected chi connectivity index (χ3v) is 1.56. The lowest BCUT2D eigenvalue weighted by Gasteiger charge is -2.36. The Bertz CT molecular complexity index is 66.9. The zero-order valence-electron chi connectivity index (χ0n) is 7.30. The van der Waals surface area contributed by atoms with Gasteiger partial charge in [-0.05, 0) is 5.92 Å². The molecule has 0 unspecified atom stereocenters. The number of hydrogen-bond acceptors (Lipinski definition) is 2. The summed E-state index contributed by atoms with van der Waals surface area (Å²) in [6.07, 6.45) is 0. The highest BCUT2D eigenvalue weighted by atomic mass is 16.3. The Morgan fingerprint density at radius 3 is 2.20 bits per heavy atom. The van der Waals surface area contributed by atoms with Gasteiger partial charge in [-0.25, -0.2) is 0 Å². The van der Waals surface area contributed by atoms with Gasteiger partial charge >= 0.3 is 0 Å². The van der Waals surface area contributed by atoms with E-state index >= 15 is 0 Å². The van der Waals surface area contributed by atoms with Crippen molar-refractivity contribution in [2.75, 3.05) is 26.2 Å². The SMILES string of the molecule is CC.CC1CN(CCO)C1. The highest BCUT2D eigenvalue weighted by Gasteiger charge is 2.20. The van der Waals surface area contributed by atoms with Gasteiger partial charge in [0.25, 0.3) is 0 Å². The Labute approximate surface area is 63.8 Å². The topological polar surface area (TPSA) is 23.5 Å². The molecule has 0 spiro atoms. The molecule has 2 heteroatoms. The fraction of sp³-hybridized carbons (Fsp3) is 1.00. The lowest BCUT2D eigenvalue weighted by molar-refractivity contribution is 0.0882. The number of hydrogen-bond donors (Lipinski definition) is 1. The molecule has 0 aromatic heterocycles. The number of β-amino-alcohol motifs (C(OH)–C–C–N with tert-alkyl or cyclic N) is 1. The molecular weight excluding hydrogens is 126 g/mol. The van der Waals surface area contributed by atoms with E-state index in [1.165, 1.54) is 13.1 Å². The lowest BCUT2D eigenvalue weighted by Crippen LogP contribution is -2.46. The summed E-state index contributed by atoms with van der Waals surface area (Å²) in [5.41, 5.74) is 0. The van der Waals surface area contributed by atoms with Crippen LogP contribution in [0.2, 0.25) is 0 Å². The molecule has 1 saturated heterocycles. The first kappa shape index (κ1) is 9.92. The van der Waals surface area contributed by atoms with Gasteiger partial charge in [0.2, 0.25) is 0 Å². The second-order valence-corrected chi connectivity index (χ2v) is 2.59. The second-order valence-electron chi connectivity index (χ2n) is 2.59. The largest absolute Gasteiger partial charge is 0.395 e. The van der Waals surface area contributed by atoms with Crippen LogP contribution in [-0.4, -0.2) is 36.2 Å². The van der Waals surface area contributed by atoms with Crippen LogP contribution in [0.1, 0.15) is 20.8 Å². The summed E-state index contributed by atoms with van der Waals surface area (Å²) in [4.78, 5) is 2.25. The summed E-state index contributed by atoms with van der Waals surface area (Å²) in [6, 6.07) is 0. The molecule has 0 bridgehead atoms. The first-order valence-electron chi connectivity index (χ1n) is 4.16.